The van der Waals surface area contributed by atoms with Crippen LogP contribution in [0.1, 0.15) is 47.0 Å². The molecule has 0 aromatic rings. The Morgan fingerprint density at radius 1 is 1.25 bits per heavy atom. The van der Waals surface area contributed by atoms with E-state index in [1.54, 1.807) is 0 Å². The van der Waals surface area contributed by atoms with Crippen LogP contribution in [0.4, 0.5) is 0 Å². The average Bonchev–Trinajstić information content (AvgIpc) is 2.15. The molecule has 1 rings (SSSR count). The average molecular weight is 249 g/mol. The van der Waals surface area contributed by atoms with Crippen molar-refractivity contribution in [2.45, 2.75) is 65.1 Å². The second kappa shape index (κ2) is 6.45. The van der Waals surface area contributed by atoms with E-state index in [1.165, 1.54) is 6.42 Å². The molecular weight excluding hydrogens is 224 g/mol. The summed E-state index contributed by atoms with van der Waals surface area (Å²) in [5.74, 6) is 0.165. The first-order chi connectivity index (χ1) is 6.95. The lowest BCUT2D eigenvalue weighted by Gasteiger charge is -2.41. The minimum absolute atomic E-state index is 0. The predicted octanol–water partition coefficient (Wildman–Crippen LogP) is 2.18. The number of hydrogen-bond donors (Lipinski definition) is 1. The second-order valence-corrected chi connectivity index (χ2v) is 5.02. The summed E-state index contributed by atoms with van der Waals surface area (Å²) in [4.78, 5) is 14.2. The first-order valence-electron chi connectivity index (χ1n) is 6.03. The fraction of sp³-hybridized carbons (Fsp3) is 0.917. The van der Waals surface area contributed by atoms with Gasteiger partial charge < -0.3 is 10.6 Å². The van der Waals surface area contributed by atoms with Crippen LogP contribution in [0.3, 0.4) is 0 Å². The van der Waals surface area contributed by atoms with E-state index in [9.17, 15) is 4.79 Å². The molecule has 1 heterocycles. The van der Waals surface area contributed by atoms with E-state index in [-0.39, 0.29) is 30.3 Å². The van der Waals surface area contributed by atoms with E-state index >= 15 is 0 Å². The number of halogens is 1. The molecule has 4 unspecified atom stereocenters. The lowest BCUT2D eigenvalue weighted by atomic mass is 9.93. The van der Waals surface area contributed by atoms with E-state index < -0.39 is 0 Å². The number of carbonyl (C=O) groups excluding carboxylic acids is 1. The maximum atomic E-state index is 12.2. The van der Waals surface area contributed by atoms with Crippen LogP contribution in [0.2, 0.25) is 0 Å². The topological polar surface area (TPSA) is 46.3 Å². The number of rotatable bonds is 2. The quantitative estimate of drug-likeness (QED) is 0.814. The Morgan fingerprint density at radius 2 is 1.69 bits per heavy atom. The lowest BCUT2D eigenvalue weighted by molar-refractivity contribution is -0.141. The molecule has 0 bridgehead atoms. The fourth-order valence-electron chi connectivity index (χ4n) is 2.32. The van der Waals surface area contributed by atoms with Gasteiger partial charge in [0.2, 0.25) is 5.91 Å². The summed E-state index contributed by atoms with van der Waals surface area (Å²) in [5, 5.41) is 0. The van der Waals surface area contributed by atoms with E-state index in [1.807, 2.05) is 18.7 Å². The van der Waals surface area contributed by atoms with Gasteiger partial charge in [-0.1, -0.05) is 6.92 Å². The standard InChI is InChI=1S/C12H24N2O.ClH/c1-8-6-5-7-9(2)14(8)12(15)10(3)11(4)13;/h8-11H,5-7,13H2,1-4H3;1H. The molecule has 0 aromatic carbocycles. The molecule has 3 nitrogen and oxygen atoms in total. The molecule has 0 saturated carbocycles. The van der Waals surface area contributed by atoms with Gasteiger partial charge in [-0.2, -0.15) is 0 Å². The summed E-state index contributed by atoms with van der Waals surface area (Å²) in [6.07, 6.45) is 3.49. The largest absolute Gasteiger partial charge is 0.337 e. The Labute approximate surface area is 105 Å². The van der Waals surface area contributed by atoms with Crippen molar-refractivity contribution >= 4 is 18.3 Å². The van der Waals surface area contributed by atoms with Gasteiger partial charge in [-0.15, -0.1) is 12.4 Å². The molecule has 0 radical (unpaired) electrons. The van der Waals surface area contributed by atoms with Crippen LogP contribution in [0.5, 0.6) is 0 Å². The van der Waals surface area contributed by atoms with Crippen LogP contribution in [0.25, 0.3) is 0 Å². The zero-order valence-corrected chi connectivity index (χ0v) is 11.6. The SMILES string of the molecule is CC(N)C(C)C(=O)N1C(C)CCCC1C.Cl. The Kier molecular flexibility index (Phi) is 6.34. The lowest BCUT2D eigenvalue weighted by Crippen LogP contribution is -2.51. The summed E-state index contributed by atoms with van der Waals surface area (Å²) in [5.41, 5.74) is 5.79. The molecule has 1 fully saturated rings. The van der Waals surface area contributed by atoms with Crippen LogP contribution in [-0.4, -0.2) is 28.9 Å². The first kappa shape index (κ1) is 15.7. The minimum Gasteiger partial charge on any atom is -0.337 e. The minimum atomic E-state index is -0.0620. The van der Waals surface area contributed by atoms with Crippen molar-refractivity contribution in [1.29, 1.82) is 0 Å². The monoisotopic (exact) mass is 248 g/mol. The third-order valence-electron chi connectivity index (χ3n) is 3.63. The van der Waals surface area contributed by atoms with Gasteiger partial charge in [-0.3, -0.25) is 4.79 Å². The summed E-state index contributed by atoms with van der Waals surface area (Å²) in [7, 11) is 0. The zero-order chi connectivity index (χ0) is 11.6. The number of amides is 1. The Balaban J connectivity index is 0.00000225. The van der Waals surface area contributed by atoms with E-state index in [0.717, 1.165) is 12.8 Å². The summed E-state index contributed by atoms with van der Waals surface area (Å²) in [6.45, 7) is 8.12. The van der Waals surface area contributed by atoms with Gasteiger partial charge in [-0.25, -0.2) is 0 Å². The van der Waals surface area contributed by atoms with Crippen molar-refractivity contribution in [3.05, 3.63) is 0 Å². The van der Waals surface area contributed by atoms with Crippen molar-refractivity contribution in [3.8, 4) is 0 Å². The normalized spacial score (nSPS) is 29.2. The summed E-state index contributed by atoms with van der Waals surface area (Å²) in [6, 6.07) is 0.698. The van der Waals surface area contributed by atoms with Crippen LogP contribution in [-0.2, 0) is 4.79 Å². The number of nitrogens with two attached hydrogens (primary N) is 1. The Morgan fingerprint density at radius 3 is 2.06 bits per heavy atom. The van der Waals surface area contributed by atoms with Gasteiger partial charge in [0.1, 0.15) is 0 Å². The molecule has 1 saturated heterocycles. The molecule has 0 spiro atoms. The number of piperidine rings is 1. The van der Waals surface area contributed by atoms with E-state index in [2.05, 4.69) is 13.8 Å². The van der Waals surface area contributed by atoms with Crippen molar-refractivity contribution < 1.29 is 4.79 Å². The molecule has 2 N–H and O–H groups in total. The molecule has 0 aromatic heterocycles. The molecule has 4 heteroatoms. The summed E-state index contributed by atoms with van der Waals surface area (Å²) < 4.78 is 0. The third-order valence-corrected chi connectivity index (χ3v) is 3.63. The van der Waals surface area contributed by atoms with E-state index in [4.69, 9.17) is 5.73 Å². The van der Waals surface area contributed by atoms with Gasteiger partial charge in [0, 0.05) is 18.1 Å². The molecule has 1 amide bonds. The number of nitrogens with zero attached hydrogens (tertiary/aromatic N) is 1. The Hall–Kier alpha value is -0.280. The highest BCUT2D eigenvalue weighted by Gasteiger charge is 2.32. The van der Waals surface area contributed by atoms with Crippen molar-refractivity contribution in [3.63, 3.8) is 0 Å². The molecule has 4 atom stereocenters. The molecule has 96 valence electrons. The second-order valence-electron chi connectivity index (χ2n) is 5.02. The van der Waals surface area contributed by atoms with E-state index in [0.29, 0.717) is 12.1 Å². The van der Waals surface area contributed by atoms with Gasteiger partial charge >= 0.3 is 0 Å². The number of carbonyl (C=O) groups is 1. The molecule has 1 aliphatic rings. The van der Waals surface area contributed by atoms with Crippen molar-refractivity contribution in [2.75, 3.05) is 0 Å². The molecular formula is C12H25ClN2O. The number of likely N-dealkylation sites (tertiary alicyclic amines) is 1. The maximum Gasteiger partial charge on any atom is 0.227 e. The first-order valence-corrected chi connectivity index (χ1v) is 6.03. The summed E-state index contributed by atoms with van der Waals surface area (Å²) >= 11 is 0. The maximum absolute atomic E-state index is 12.2. The molecule has 1 aliphatic heterocycles. The smallest absolute Gasteiger partial charge is 0.227 e. The third kappa shape index (κ3) is 3.36. The molecule has 0 aliphatic carbocycles. The fourth-order valence-corrected chi connectivity index (χ4v) is 2.32. The Bertz CT molecular complexity index is 223. The highest BCUT2D eigenvalue weighted by molar-refractivity contribution is 5.85. The highest BCUT2D eigenvalue weighted by Crippen LogP contribution is 2.24. The van der Waals surface area contributed by atoms with Crippen LogP contribution < -0.4 is 5.73 Å². The zero-order valence-electron chi connectivity index (χ0n) is 10.8. The van der Waals surface area contributed by atoms with Gasteiger partial charge in [0.15, 0.2) is 0 Å². The van der Waals surface area contributed by atoms with Crippen LogP contribution >= 0.6 is 12.4 Å². The van der Waals surface area contributed by atoms with Crippen molar-refractivity contribution in [2.24, 2.45) is 11.7 Å². The van der Waals surface area contributed by atoms with Gasteiger partial charge in [-0.05, 0) is 40.0 Å². The highest BCUT2D eigenvalue weighted by atomic mass is 35.5. The predicted molar refractivity (Wildman–Crippen MR) is 69.7 cm³/mol. The van der Waals surface area contributed by atoms with Gasteiger partial charge in [0.05, 0.1) is 5.92 Å². The number of hydrogen-bond acceptors (Lipinski definition) is 2. The molecule has 16 heavy (non-hydrogen) atoms. The van der Waals surface area contributed by atoms with Crippen LogP contribution in [0.15, 0.2) is 0 Å². The van der Waals surface area contributed by atoms with Crippen molar-refractivity contribution in [1.82, 2.24) is 4.90 Å². The van der Waals surface area contributed by atoms with Gasteiger partial charge in [0.25, 0.3) is 0 Å². The van der Waals surface area contributed by atoms with Crippen LogP contribution in [0, 0.1) is 5.92 Å².